The number of nitrogen functional groups attached to an aromatic ring is 1. The Morgan fingerprint density at radius 1 is 1.23 bits per heavy atom. The van der Waals surface area contributed by atoms with Crippen LogP contribution in [-0.2, 0) is 33.9 Å². The highest BCUT2D eigenvalue weighted by Gasteiger charge is 2.54. The number of allylic oxidation sites excluding steroid dienone is 1. The van der Waals surface area contributed by atoms with E-state index in [-0.39, 0.29) is 57.5 Å². The number of rotatable bonds is 8. The number of aliphatic carboxylic acids is 1. The van der Waals surface area contributed by atoms with E-state index in [0.717, 1.165) is 41.9 Å². The van der Waals surface area contributed by atoms with Gasteiger partial charge < -0.3 is 25.9 Å². The van der Waals surface area contributed by atoms with Gasteiger partial charge in [-0.05, 0) is 50.2 Å². The molecule has 1 aromatic rings. The third-order valence-corrected chi connectivity index (χ3v) is 11.9. The van der Waals surface area contributed by atoms with Crippen molar-refractivity contribution in [2.45, 2.75) is 62.1 Å². The third kappa shape index (κ3) is 5.76. The average Bonchev–Trinajstić information content (AvgIpc) is 3.77. The van der Waals surface area contributed by atoms with E-state index in [0.29, 0.717) is 30.5 Å². The van der Waals surface area contributed by atoms with E-state index in [2.05, 4.69) is 15.5 Å². The second-order valence-electron chi connectivity index (χ2n) is 11.0. The lowest BCUT2D eigenvalue weighted by atomic mass is 10.0. The van der Waals surface area contributed by atoms with Crippen LogP contribution in [0.5, 0.6) is 0 Å². The molecule has 1 unspecified atom stereocenters. The van der Waals surface area contributed by atoms with E-state index in [9.17, 15) is 32.7 Å². The lowest BCUT2D eigenvalue weighted by molar-refractivity contribution is -0.150. The van der Waals surface area contributed by atoms with Crippen molar-refractivity contribution in [3.8, 4) is 0 Å². The SMILES string of the molecule is Nc1nc(/C(=N/OC2CCCC2)C(=O)N[C@@H]2C(=O)N3C(C(=O)O)=C(/C=C4\CCN(C5CCS(=O)(=O)C5)C4=O)CS[C@H]23)cs1. The number of carboxylic acid groups (broad SMARTS) is 1. The van der Waals surface area contributed by atoms with Crippen LogP contribution < -0.4 is 11.1 Å². The largest absolute Gasteiger partial charge is 0.477 e. The van der Waals surface area contributed by atoms with Crippen molar-refractivity contribution in [3.05, 3.63) is 34.0 Å². The van der Waals surface area contributed by atoms with Crippen LogP contribution in [-0.4, -0.2) is 105 Å². The van der Waals surface area contributed by atoms with Gasteiger partial charge in [0.15, 0.2) is 20.7 Å². The number of hydrogen-bond acceptors (Lipinski definition) is 12. The molecular weight excluding hydrogens is 621 g/mol. The van der Waals surface area contributed by atoms with Crippen molar-refractivity contribution in [3.63, 3.8) is 0 Å². The van der Waals surface area contributed by atoms with Gasteiger partial charge in [-0.1, -0.05) is 5.16 Å². The van der Waals surface area contributed by atoms with Gasteiger partial charge in [0.1, 0.15) is 28.9 Å². The molecule has 14 nitrogen and oxygen atoms in total. The molecule has 1 saturated carbocycles. The van der Waals surface area contributed by atoms with Crippen molar-refractivity contribution < 1.29 is 37.5 Å². The predicted molar refractivity (Wildman–Crippen MR) is 158 cm³/mol. The Morgan fingerprint density at radius 2 is 2.00 bits per heavy atom. The van der Waals surface area contributed by atoms with Gasteiger partial charge in [-0.2, -0.15) is 0 Å². The van der Waals surface area contributed by atoms with Crippen molar-refractivity contribution in [2.75, 3.05) is 29.5 Å². The maximum atomic E-state index is 13.3. The number of sulfone groups is 1. The van der Waals surface area contributed by atoms with Gasteiger partial charge in [0.05, 0.1) is 11.5 Å². The number of hydrogen-bond donors (Lipinski definition) is 3. The molecule has 5 aliphatic rings. The summed E-state index contributed by atoms with van der Waals surface area (Å²) < 4.78 is 23.8. The number of oxime groups is 1. The zero-order valence-corrected chi connectivity index (χ0v) is 25.4. The Labute approximate surface area is 255 Å². The smallest absolute Gasteiger partial charge is 0.352 e. The minimum absolute atomic E-state index is 0.0420. The number of thioether (sulfide) groups is 1. The Balaban J connectivity index is 1.18. The summed E-state index contributed by atoms with van der Waals surface area (Å²) in [5.41, 5.74) is 6.29. The highest BCUT2D eigenvalue weighted by atomic mass is 32.2. The molecule has 0 aromatic carbocycles. The number of nitrogens with one attached hydrogen (secondary N) is 1. The first-order valence-corrected chi connectivity index (χ1v) is 17.7. The summed E-state index contributed by atoms with van der Waals surface area (Å²) in [6, 6.07) is -1.40. The molecule has 4 fully saturated rings. The Bertz CT molecular complexity index is 1580. The number of likely N-dealkylation sites (tertiary alicyclic amines) is 1. The predicted octanol–water partition coefficient (Wildman–Crippen LogP) is 0.473. The number of carbonyl (C=O) groups excluding carboxylic acids is 3. The topological polar surface area (TPSA) is 202 Å². The number of anilines is 1. The number of aromatic nitrogens is 1. The summed E-state index contributed by atoms with van der Waals surface area (Å²) in [6.45, 7) is 0.353. The first-order valence-electron chi connectivity index (χ1n) is 13.9. The highest BCUT2D eigenvalue weighted by molar-refractivity contribution is 8.00. The summed E-state index contributed by atoms with van der Waals surface area (Å²) in [5.74, 6) is -2.79. The Kier molecular flexibility index (Phi) is 7.97. The molecule has 230 valence electrons. The van der Waals surface area contributed by atoms with Crippen molar-refractivity contribution in [2.24, 2.45) is 5.16 Å². The van der Waals surface area contributed by atoms with Gasteiger partial charge in [-0.3, -0.25) is 19.3 Å². The van der Waals surface area contributed by atoms with Crippen LogP contribution in [0.1, 0.15) is 44.2 Å². The van der Waals surface area contributed by atoms with E-state index < -0.39 is 39.0 Å². The molecule has 0 bridgehead atoms. The van der Waals surface area contributed by atoms with Crippen LogP contribution in [0.2, 0.25) is 0 Å². The lowest BCUT2D eigenvalue weighted by Gasteiger charge is -2.49. The number of carboxylic acids is 1. The Morgan fingerprint density at radius 3 is 2.65 bits per heavy atom. The molecule has 1 aliphatic carbocycles. The third-order valence-electron chi connectivity index (χ3n) is 8.22. The molecule has 3 saturated heterocycles. The molecule has 4 aliphatic heterocycles. The first kappa shape index (κ1) is 29.6. The minimum atomic E-state index is -3.18. The lowest BCUT2D eigenvalue weighted by Crippen LogP contribution is -2.71. The highest BCUT2D eigenvalue weighted by Crippen LogP contribution is 2.41. The summed E-state index contributed by atoms with van der Waals surface area (Å²) >= 11 is 2.40. The molecule has 6 rings (SSSR count). The fraction of sp³-hybridized carbons (Fsp3) is 0.538. The van der Waals surface area contributed by atoms with Crippen LogP contribution in [0.25, 0.3) is 0 Å². The van der Waals surface area contributed by atoms with Crippen LogP contribution >= 0.6 is 23.1 Å². The van der Waals surface area contributed by atoms with Crippen LogP contribution in [0.15, 0.2) is 33.5 Å². The average molecular weight is 651 g/mol. The van der Waals surface area contributed by atoms with Crippen LogP contribution in [0, 0.1) is 0 Å². The van der Waals surface area contributed by atoms with E-state index >= 15 is 0 Å². The van der Waals surface area contributed by atoms with Crippen molar-refractivity contribution in [1.82, 2.24) is 20.1 Å². The number of fused-ring (bicyclic) bond motifs is 1. The fourth-order valence-corrected chi connectivity index (χ4v) is 9.62. The molecule has 3 atom stereocenters. The van der Waals surface area contributed by atoms with Crippen LogP contribution in [0.4, 0.5) is 5.13 Å². The number of β-lactam (4-membered cyclic amide) rings is 1. The molecule has 43 heavy (non-hydrogen) atoms. The molecule has 1 aromatic heterocycles. The van der Waals surface area contributed by atoms with Gasteiger partial charge in [0, 0.05) is 29.3 Å². The van der Waals surface area contributed by atoms with Gasteiger partial charge in [0.25, 0.3) is 11.8 Å². The molecule has 17 heteroatoms. The number of amides is 3. The van der Waals surface area contributed by atoms with E-state index in [4.69, 9.17) is 10.6 Å². The number of carbonyl (C=O) groups is 4. The second kappa shape index (κ2) is 11.6. The fourth-order valence-electron chi connectivity index (χ4n) is 6.03. The van der Waals surface area contributed by atoms with E-state index in [1.807, 2.05) is 0 Å². The van der Waals surface area contributed by atoms with Crippen LogP contribution in [0.3, 0.4) is 0 Å². The number of nitrogens with two attached hydrogens (primary N) is 1. The zero-order valence-electron chi connectivity index (χ0n) is 22.9. The summed E-state index contributed by atoms with van der Waals surface area (Å²) in [5, 5.41) is 17.9. The minimum Gasteiger partial charge on any atom is -0.477 e. The Hall–Kier alpha value is -3.44. The number of nitrogens with zero attached hydrogens (tertiary/aromatic N) is 4. The quantitative estimate of drug-likeness (QED) is 0.153. The van der Waals surface area contributed by atoms with E-state index in [1.54, 1.807) is 10.3 Å². The molecule has 4 N–H and O–H groups in total. The normalized spacial score (nSPS) is 28.4. The first-order chi connectivity index (χ1) is 20.5. The maximum absolute atomic E-state index is 13.3. The van der Waals surface area contributed by atoms with Crippen molar-refractivity contribution >= 4 is 67.5 Å². The van der Waals surface area contributed by atoms with Gasteiger partial charge in [0.2, 0.25) is 5.91 Å². The summed E-state index contributed by atoms with van der Waals surface area (Å²) in [6.07, 6.45) is 5.77. The monoisotopic (exact) mass is 650 g/mol. The molecule has 0 radical (unpaired) electrons. The molecule has 0 spiro atoms. The van der Waals surface area contributed by atoms with Crippen molar-refractivity contribution in [1.29, 1.82) is 0 Å². The second-order valence-corrected chi connectivity index (χ2v) is 15.3. The summed E-state index contributed by atoms with van der Waals surface area (Å²) in [4.78, 5) is 64.4. The summed E-state index contributed by atoms with van der Waals surface area (Å²) in [7, 11) is -3.18. The molecule has 3 amide bonds. The van der Waals surface area contributed by atoms with Gasteiger partial charge >= 0.3 is 5.97 Å². The van der Waals surface area contributed by atoms with Gasteiger partial charge in [-0.15, -0.1) is 23.1 Å². The number of thiazole rings is 1. The molecule has 5 heterocycles. The standard InChI is InChI=1S/C26H30N6O8S3/c27-26-28-17(11-42-26)18(30-40-16-3-1-2-4-16)21(33)29-19-23(35)32-20(25(36)37)14(10-41-24(19)32)9-13-5-7-31(22(13)34)15-6-8-43(38,39)12-15/h9,11,15-16,19,24H,1-8,10,12H2,(H2,27,28)(H,29,33)(H,36,37)/b13-9+,30-18-/t15?,19-,24-/m1/s1. The van der Waals surface area contributed by atoms with Gasteiger partial charge in [-0.25, -0.2) is 18.2 Å². The van der Waals surface area contributed by atoms with E-state index in [1.165, 1.54) is 17.8 Å². The zero-order chi connectivity index (χ0) is 30.5. The molecular formula is C26H30N6O8S3. The maximum Gasteiger partial charge on any atom is 0.352 e.